The second-order valence-electron chi connectivity index (χ2n) is 7.01. The van der Waals surface area contributed by atoms with E-state index in [-0.39, 0.29) is 12.5 Å². The first-order valence-electron chi connectivity index (χ1n) is 9.50. The lowest BCUT2D eigenvalue weighted by Gasteiger charge is -2.18. The minimum absolute atomic E-state index is 0.0175. The van der Waals surface area contributed by atoms with Crippen molar-refractivity contribution < 1.29 is 9.53 Å². The fraction of sp³-hybridized carbons (Fsp3) is 0.130. The van der Waals surface area contributed by atoms with Gasteiger partial charge in [0.2, 0.25) is 4.80 Å². The molecular formula is C23H19N5O2S. The second-order valence-corrected chi connectivity index (χ2v) is 7.85. The molecule has 1 amide bonds. The van der Waals surface area contributed by atoms with Crippen LogP contribution in [0.2, 0.25) is 0 Å². The van der Waals surface area contributed by atoms with Crippen molar-refractivity contribution in [2.45, 2.75) is 6.92 Å². The number of rotatable bonds is 5. The summed E-state index contributed by atoms with van der Waals surface area (Å²) in [6, 6.07) is 14.9. The average molecular weight is 430 g/mol. The molecule has 4 rings (SSSR count). The Labute approximate surface area is 183 Å². The normalized spacial score (nSPS) is 13.4. The maximum atomic E-state index is 11.7. The minimum Gasteiger partial charge on any atom is -0.482 e. The van der Waals surface area contributed by atoms with Crippen LogP contribution in [0.5, 0.6) is 5.75 Å². The third-order valence-corrected chi connectivity index (χ3v) is 5.29. The summed E-state index contributed by atoms with van der Waals surface area (Å²) in [7, 11) is 0. The number of nitrogens with one attached hydrogen (secondary N) is 1. The van der Waals surface area contributed by atoms with Crippen molar-refractivity contribution in [3.8, 4) is 23.1 Å². The average Bonchev–Trinajstić information content (AvgIpc) is 3.18. The number of anilines is 1. The highest BCUT2D eigenvalue weighted by Gasteiger charge is 2.17. The second kappa shape index (κ2) is 8.81. The fourth-order valence-electron chi connectivity index (χ4n) is 2.93. The van der Waals surface area contributed by atoms with Crippen LogP contribution in [0.1, 0.15) is 18.1 Å². The quantitative estimate of drug-likeness (QED) is 0.494. The van der Waals surface area contributed by atoms with Crippen LogP contribution in [-0.2, 0) is 4.79 Å². The number of benzene rings is 2. The van der Waals surface area contributed by atoms with Crippen molar-refractivity contribution >= 4 is 29.1 Å². The molecule has 31 heavy (non-hydrogen) atoms. The fourth-order valence-corrected chi connectivity index (χ4v) is 3.77. The minimum atomic E-state index is -0.182. The van der Waals surface area contributed by atoms with Gasteiger partial charge in [-0.1, -0.05) is 24.3 Å². The van der Waals surface area contributed by atoms with Crippen molar-refractivity contribution in [2.75, 3.05) is 18.5 Å². The van der Waals surface area contributed by atoms with Gasteiger partial charge in [-0.3, -0.25) is 9.79 Å². The number of carbonyl (C=O) groups excluding carboxylic acids is 1. The van der Waals surface area contributed by atoms with E-state index in [4.69, 9.17) is 10.00 Å². The Kier molecular flexibility index (Phi) is 5.78. The molecule has 2 heterocycles. The number of nitriles is 1. The lowest BCUT2D eigenvalue weighted by Crippen LogP contribution is -2.25. The van der Waals surface area contributed by atoms with E-state index < -0.39 is 0 Å². The first-order chi connectivity index (χ1) is 15.0. The number of carbonyl (C=O) groups is 1. The van der Waals surface area contributed by atoms with Crippen molar-refractivity contribution in [2.24, 2.45) is 10.1 Å². The number of hydrogen-bond acceptors (Lipinski definition) is 6. The van der Waals surface area contributed by atoms with Gasteiger partial charge in [0.05, 0.1) is 35.8 Å². The first kappa shape index (κ1) is 20.3. The van der Waals surface area contributed by atoms with Crippen LogP contribution in [-0.4, -0.2) is 29.9 Å². The lowest BCUT2D eigenvalue weighted by atomic mass is 10.1. The Morgan fingerprint density at radius 1 is 1.35 bits per heavy atom. The summed E-state index contributed by atoms with van der Waals surface area (Å²) in [6.45, 7) is 6.36. The number of amides is 1. The highest BCUT2D eigenvalue weighted by molar-refractivity contribution is 7.07. The summed E-state index contributed by atoms with van der Waals surface area (Å²) in [6.07, 6.45) is 1.72. The standard InChI is InChI=1S/C23H19N5O2S/c1-15(2)11-25-23-28(26-12-17-5-3-16(10-24)4-6-17)20(14-31-23)18-7-8-21-19(9-18)27-22(29)13-30-21/h3-9,12,14H,1,11,13H2,2H3,(H,27,29). The lowest BCUT2D eigenvalue weighted by molar-refractivity contribution is -0.118. The molecule has 0 unspecified atom stereocenters. The van der Waals surface area contributed by atoms with Crippen LogP contribution >= 0.6 is 11.3 Å². The van der Waals surface area contributed by atoms with Gasteiger partial charge < -0.3 is 10.1 Å². The molecule has 1 N–H and O–H groups in total. The van der Waals surface area contributed by atoms with E-state index in [1.807, 2.05) is 42.6 Å². The molecule has 0 saturated carbocycles. The Morgan fingerprint density at radius 2 is 2.16 bits per heavy atom. The number of fused-ring (bicyclic) bond motifs is 1. The molecule has 1 aliphatic heterocycles. The monoisotopic (exact) mass is 429 g/mol. The molecule has 0 aliphatic carbocycles. The Hall–Kier alpha value is -3.96. The maximum Gasteiger partial charge on any atom is 0.262 e. The molecule has 1 aliphatic rings. The molecule has 0 atom stereocenters. The van der Waals surface area contributed by atoms with E-state index in [0.29, 0.717) is 23.5 Å². The molecule has 8 heteroatoms. The summed E-state index contributed by atoms with van der Waals surface area (Å²) < 4.78 is 7.22. The zero-order chi connectivity index (χ0) is 21.8. The van der Waals surface area contributed by atoms with Crippen LogP contribution < -0.4 is 14.9 Å². The van der Waals surface area contributed by atoms with Gasteiger partial charge in [-0.05, 0) is 42.8 Å². The topological polar surface area (TPSA) is 91.8 Å². The molecule has 2 aromatic carbocycles. The van der Waals surface area contributed by atoms with Gasteiger partial charge >= 0.3 is 0 Å². The van der Waals surface area contributed by atoms with Crippen LogP contribution in [0.15, 0.2) is 70.1 Å². The maximum absolute atomic E-state index is 11.7. The van der Waals surface area contributed by atoms with E-state index in [0.717, 1.165) is 27.2 Å². The Balaban J connectivity index is 1.76. The molecule has 7 nitrogen and oxygen atoms in total. The number of nitrogens with zero attached hydrogens (tertiary/aromatic N) is 4. The molecule has 154 valence electrons. The summed E-state index contributed by atoms with van der Waals surface area (Å²) in [4.78, 5) is 17.0. The van der Waals surface area contributed by atoms with Crippen LogP contribution in [0.3, 0.4) is 0 Å². The third kappa shape index (κ3) is 4.63. The largest absolute Gasteiger partial charge is 0.482 e. The number of hydrogen-bond donors (Lipinski definition) is 1. The van der Waals surface area contributed by atoms with Crippen molar-refractivity contribution in [3.05, 3.63) is 75.9 Å². The zero-order valence-electron chi connectivity index (χ0n) is 16.8. The molecule has 3 aromatic rings. The van der Waals surface area contributed by atoms with Gasteiger partial charge in [0.1, 0.15) is 5.75 Å². The smallest absolute Gasteiger partial charge is 0.262 e. The number of aromatic nitrogens is 1. The molecule has 0 radical (unpaired) electrons. The first-order valence-corrected chi connectivity index (χ1v) is 10.4. The third-order valence-electron chi connectivity index (χ3n) is 4.44. The van der Waals surface area contributed by atoms with E-state index in [1.54, 1.807) is 23.0 Å². The summed E-state index contributed by atoms with van der Waals surface area (Å²) in [5, 5.41) is 18.4. The Morgan fingerprint density at radius 3 is 2.90 bits per heavy atom. The SMILES string of the molecule is C=C(C)CN=c1scc(-c2ccc3c(c2)NC(=O)CO3)n1N=Cc1ccc(C#N)cc1. The van der Waals surface area contributed by atoms with Crippen molar-refractivity contribution in [1.82, 2.24) is 4.68 Å². The van der Waals surface area contributed by atoms with Crippen molar-refractivity contribution in [3.63, 3.8) is 0 Å². The van der Waals surface area contributed by atoms with Gasteiger partial charge in [0.15, 0.2) is 6.61 Å². The predicted octanol–water partition coefficient (Wildman–Crippen LogP) is 3.78. The molecule has 0 fully saturated rings. The van der Waals surface area contributed by atoms with Crippen LogP contribution in [0.4, 0.5) is 5.69 Å². The van der Waals surface area contributed by atoms with Crippen LogP contribution in [0, 0.1) is 11.3 Å². The Bertz CT molecular complexity index is 1290. The zero-order valence-corrected chi connectivity index (χ0v) is 17.6. The summed E-state index contributed by atoms with van der Waals surface area (Å²) in [5.74, 6) is 0.456. The molecule has 0 saturated heterocycles. The predicted molar refractivity (Wildman–Crippen MR) is 121 cm³/mol. The number of ether oxygens (including phenoxy) is 1. The highest BCUT2D eigenvalue weighted by atomic mass is 32.1. The van der Waals surface area contributed by atoms with Gasteiger partial charge in [-0.2, -0.15) is 10.4 Å². The van der Waals surface area contributed by atoms with E-state index >= 15 is 0 Å². The van der Waals surface area contributed by atoms with E-state index in [9.17, 15) is 4.79 Å². The molecular weight excluding hydrogens is 410 g/mol. The molecule has 1 aromatic heterocycles. The summed E-state index contributed by atoms with van der Waals surface area (Å²) in [5.41, 5.74) is 4.74. The summed E-state index contributed by atoms with van der Waals surface area (Å²) >= 11 is 1.47. The number of thiazole rings is 1. The molecule has 0 bridgehead atoms. The highest BCUT2D eigenvalue weighted by Crippen LogP contribution is 2.32. The van der Waals surface area contributed by atoms with Crippen LogP contribution in [0.25, 0.3) is 11.3 Å². The van der Waals surface area contributed by atoms with Crippen molar-refractivity contribution in [1.29, 1.82) is 5.26 Å². The van der Waals surface area contributed by atoms with E-state index in [1.165, 1.54) is 11.3 Å². The molecule has 0 spiro atoms. The van der Waals surface area contributed by atoms with Gasteiger partial charge in [0, 0.05) is 10.9 Å². The van der Waals surface area contributed by atoms with Gasteiger partial charge in [0.25, 0.3) is 5.91 Å². The van der Waals surface area contributed by atoms with E-state index in [2.05, 4.69) is 28.1 Å². The van der Waals surface area contributed by atoms with Gasteiger partial charge in [-0.25, -0.2) is 4.68 Å². The van der Waals surface area contributed by atoms with Gasteiger partial charge in [-0.15, -0.1) is 11.3 Å².